The van der Waals surface area contributed by atoms with Crippen LogP contribution in [0.3, 0.4) is 0 Å². The second kappa shape index (κ2) is 8.18. The Morgan fingerprint density at radius 1 is 1.29 bits per heavy atom. The van der Waals surface area contributed by atoms with Crippen molar-refractivity contribution >= 4 is 0 Å². The predicted octanol–water partition coefficient (Wildman–Crippen LogP) is 3.84. The molecule has 1 unspecified atom stereocenters. The van der Waals surface area contributed by atoms with E-state index in [1.54, 1.807) is 12.3 Å². The van der Waals surface area contributed by atoms with Crippen molar-refractivity contribution in [3.05, 3.63) is 29.8 Å². The highest BCUT2D eigenvalue weighted by atomic mass is 19.1. The minimum atomic E-state index is -0.197. The van der Waals surface area contributed by atoms with Gasteiger partial charge in [0.05, 0.1) is 11.7 Å². The van der Waals surface area contributed by atoms with Gasteiger partial charge in [0.2, 0.25) is 0 Å². The van der Waals surface area contributed by atoms with E-state index in [4.69, 9.17) is 0 Å². The van der Waals surface area contributed by atoms with Crippen LogP contribution in [0.15, 0.2) is 18.3 Å². The number of pyridine rings is 1. The standard InChI is InChI=1S/C14H23FN2/c1-3-5-6-9-13(16-10-4-2)14-12(15)8-7-11-17-14/h7-8,11,13,16H,3-6,9-10H2,1-2H3. The van der Waals surface area contributed by atoms with Crippen LogP contribution in [0.2, 0.25) is 0 Å². The topological polar surface area (TPSA) is 24.9 Å². The lowest BCUT2D eigenvalue weighted by Crippen LogP contribution is -2.24. The molecule has 96 valence electrons. The number of nitrogens with one attached hydrogen (secondary N) is 1. The third kappa shape index (κ3) is 4.82. The van der Waals surface area contributed by atoms with Gasteiger partial charge < -0.3 is 5.32 Å². The van der Waals surface area contributed by atoms with Gasteiger partial charge in [0, 0.05) is 6.20 Å². The van der Waals surface area contributed by atoms with Gasteiger partial charge in [0.1, 0.15) is 5.82 Å². The molecule has 0 aliphatic rings. The maximum atomic E-state index is 13.7. The van der Waals surface area contributed by atoms with Gasteiger partial charge in [-0.2, -0.15) is 0 Å². The van der Waals surface area contributed by atoms with Gasteiger partial charge >= 0.3 is 0 Å². The number of halogens is 1. The Labute approximate surface area is 104 Å². The Bertz CT molecular complexity index is 315. The highest BCUT2D eigenvalue weighted by Crippen LogP contribution is 2.20. The Morgan fingerprint density at radius 3 is 2.76 bits per heavy atom. The van der Waals surface area contributed by atoms with Crippen molar-refractivity contribution in [2.45, 2.75) is 52.0 Å². The van der Waals surface area contributed by atoms with E-state index in [0.29, 0.717) is 5.69 Å². The molecule has 3 heteroatoms. The second-order valence-electron chi connectivity index (χ2n) is 4.37. The Balaban J connectivity index is 2.64. The molecule has 1 heterocycles. The quantitative estimate of drug-likeness (QED) is 0.696. The van der Waals surface area contributed by atoms with Gasteiger partial charge in [-0.3, -0.25) is 4.98 Å². The molecule has 0 amide bonds. The number of hydrogen-bond donors (Lipinski definition) is 1. The largest absolute Gasteiger partial charge is 0.309 e. The van der Waals surface area contributed by atoms with Crippen molar-refractivity contribution in [2.24, 2.45) is 0 Å². The summed E-state index contributed by atoms with van der Waals surface area (Å²) in [7, 11) is 0. The summed E-state index contributed by atoms with van der Waals surface area (Å²) in [4.78, 5) is 4.17. The van der Waals surface area contributed by atoms with Gasteiger partial charge in [0.15, 0.2) is 0 Å². The molecule has 1 N–H and O–H groups in total. The van der Waals surface area contributed by atoms with E-state index in [-0.39, 0.29) is 11.9 Å². The third-order valence-electron chi connectivity index (χ3n) is 2.85. The van der Waals surface area contributed by atoms with Crippen LogP contribution < -0.4 is 5.32 Å². The molecule has 1 aromatic rings. The summed E-state index contributed by atoms with van der Waals surface area (Å²) >= 11 is 0. The first-order valence-electron chi connectivity index (χ1n) is 6.63. The smallest absolute Gasteiger partial charge is 0.146 e. The van der Waals surface area contributed by atoms with Crippen LogP contribution in [0, 0.1) is 5.82 Å². The summed E-state index contributed by atoms with van der Waals surface area (Å²) in [5.41, 5.74) is 0.567. The highest BCUT2D eigenvalue weighted by Gasteiger charge is 2.15. The summed E-state index contributed by atoms with van der Waals surface area (Å²) in [6.45, 7) is 5.20. The fourth-order valence-corrected chi connectivity index (χ4v) is 1.91. The molecule has 0 fully saturated rings. The first-order valence-corrected chi connectivity index (χ1v) is 6.63. The molecule has 2 nitrogen and oxygen atoms in total. The van der Waals surface area contributed by atoms with E-state index in [1.807, 2.05) is 0 Å². The lowest BCUT2D eigenvalue weighted by molar-refractivity contribution is 0.443. The number of aromatic nitrogens is 1. The first kappa shape index (κ1) is 14.1. The SMILES string of the molecule is CCCCCC(NCCC)c1ncccc1F. The molecule has 0 bridgehead atoms. The zero-order valence-corrected chi connectivity index (χ0v) is 10.9. The van der Waals surface area contributed by atoms with Crippen molar-refractivity contribution < 1.29 is 4.39 Å². The zero-order valence-electron chi connectivity index (χ0n) is 10.9. The summed E-state index contributed by atoms with van der Waals surface area (Å²) in [6, 6.07) is 3.19. The summed E-state index contributed by atoms with van der Waals surface area (Å²) in [5.74, 6) is -0.197. The highest BCUT2D eigenvalue weighted by molar-refractivity contribution is 5.11. The van der Waals surface area contributed by atoms with E-state index in [1.165, 1.54) is 18.9 Å². The molecule has 0 aromatic carbocycles. The number of hydrogen-bond acceptors (Lipinski definition) is 2. The van der Waals surface area contributed by atoms with E-state index in [9.17, 15) is 4.39 Å². The van der Waals surface area contributed by atoms with Crippen LogP contribution in [0.25, 0.3) is 0 Å². The lowest BCUT2D eigenvalue weighted by Gasteiger charge is -2.18. The molecule has 0 aliphatic heterocycles. The maximum Gasteiger partial charge on any atom is 0.146 e. The molecule has 0 radical (unpaired) electrons. The predicted molar refractivity (Wildman–Crippen MR) is 69.4 cm³/mol. The van der Waals surface area contributed by atoms with Crippen LogP contribution >= 0.6 is 0 Å². The molecule has 17 heavy (non-hydrogen) atoms. The maximum absolute atomic E-state index is 13.7. The fraction of sp³-hybridized carbons (Fsp3) is 0.643. The van der Waals surface area contributed by atoms with Gasteiger partial charge in [-0.05, 0) is 31.5 Å². The van der Waals surface area contributed by atoms with E-state index < -0.39 is 0 Å². The Morgan fingerprint density at radius 2 is 2.12 bits per heavy atom. The monoisotopic (exact) mass is 238 g/mol. The van der Waals surface area contributed by atoms with Crippen LogP contribution in [0.1, 0.15) is 57.7 Å². The minimum absolute atomic E-state index is 0.0581. The molecule has 0 saturated heterocycles. The van der Waals surface area contributed by atoms with Gasteiger partial charge in [-0.1, -0.05) is 33.1 Å². The molecule has 1 atom stereocenters. The van der Waals surface area contributed by atoms with Crippen LogP contribution in [0.5, 0.6) is 0 Å². The number of rotatable bonds is 8. The van der Waals surface area contributed by atoms with E-state index >= 15 is 0 Å². The van der Waals surface area contributed by atoms with Gasteiger partial charge in [-0.15, -0.1) is 0 Å². The average Bonchev–Trinajstić information content (AvgIpc) is 2.35. The molecule has 0 aliphatic carbocycles. The average molecular weight is 238 g/mol. The van der Waals surface area contributed by atoms with Crippen molar-refractivity contribution in [1.82, 2.24) is 10.3 Å². The fourth-order valence-electron chi connectivity index (χ4n) is 1.91. The van der Waals surface area contributed by atoms with Crippen LogP contribution in [-0.2, 0) is 0 Å². The van der Waals surface area contributed by atoms with Crippen molar-refractivity contribution in [2.75, 3.05) is 6.54 Å². The zero-order chi connectivity index (χ0) is 12.5. The second-order valence-corrected chi connectivity index (χ2v) is 4.37. The van der Waals surface area contributed by atoms with Crippen molar-refractivity contribution in [3.8, 4) is 0 Å². The van der Waals surface area contributed by atoms with Gasteiger partial charge in [-0.25, -0.2) is 4.39 Å². The van der Waals surface area contributed by atoms with Gasteiger partial charge in [0.25, 0.3) is 0 Å². The van der Waals surface area contributed by atoms with E-state index in [2.05, 4.69) is 24.1 Å². The lowest BCUT2D eigenvalue weighted by atomic mass is 10.0. The van der Waals surface area contributed by atoms with Crippen LogP contribution in [-0.4, -0.2) is 11.5 Å². The minimum Gasteiger partial charge on any atom is -0.309 e. The molecule has 1 aromatic heterocycles. The molecule has 1 rings (SSSR count). The van der Waals surface area contributed by atoms with E-state index in [0.717, 1.165) is 25.8 Å². The third-order valence-corrected chi connectivity index (χ3v) is 2.85. The molecule has 0 saturated carbocycles. The summed E-state index contributed by atoms with van der Waals surface area (Å²) in [5, 5.41) is 3.38. The Hall–Kier alpha value is -0.960. The first-order chi connectivity index (χ1) is 8.29. The summed E-state index contributed by atoms with van der Waals surface area (Å²) in [6.07, 6.45) is 7.18. The molecular weight excluding hydrogens is 215 g/mol. The van der Waals surface area contributed by atoms with Crippen molar-refractivity contribution in [1.29, 1.82) is 0 Å². The molecule has 0 spiro atoms. The van der Waals surface area contributed by atoms with Crippen LogP contribution in [0.4, 0.5) is 4.39 Å². The number of nitrogens with zero attached hydrogens (tertiary/aromatic N) is 1. The van der Waals surface area contributed by atoms with Crippen molar-refractivity contribution in [3.63, 3.8) is 0 Å². The Kier molecular flexibility index (Phi) is 6.78. The normalized spacial score (nSPS) is 12.6. The molecular formula is C14H23FN2. The summed E-state index contributed by atoms with van der Waals surface area (Å²) < 4.78 is 13.7. The number of unbranched alkanes of at least 4 members (excludes halogenated alkanes) is 2.